The van der Waals surface area contributed by atoms with Crippen molar-refractivity contribution in [3.05, 3.63) is 59.7 Å². The molecule has 0 spiro atoms. The molecular formula is C45H74N2O15. The van der Waals surface area contributed by atoms with Crippen molar-refractivity contribution in [1.82, 2.24) is 10.6 Å². The molecule has 0 unspecified atom stereocenters. The maximum atomic E-state index is 12.3. The topological polar surface area (TPSA) is 170 Å². The van der Waals surface area contributed by atoms with Gasteiger partial charge in [-0.15, -0.1) is 0 Å². The molecule has 2 aromatic rings. The molecule has 17 heteroatoms. The fourth-order valence-electron chi connectivity index (χ4n) is 5.93. The Balaban J connectivity index is 0.911. The summed E-state index contributed by atoms with van der Waals surface area (Å²) in [5.74, 6) is 0.0469. The van der Waals surface area contributed by atoms with Gasteiger partial charge in [0.2, 0.25) is 0 Å². The highest BCUT2D eigenvalue weighted by molar-refractivity contribution is 5.79. The third-order valence-corrected chi connectivity index (χ3v) is 9.04. The molecule has 0 radical (unpaired) electrons. The zero-order valence-corrected chi connectivity index (χ0v) is 37.0. The summed E-state index contributed by atoms with van der Waals surface area (Å²) in [6, 6.07) is 16.6. The van der Waals surface area contributed by atoms with Gasteiger partial charge in [-0.3, -0.25) is 0 Å². The first kappa shape index (κ1) is 53.5. The Bertz CT molecular complexity index is 1280. The van der Waals surface area contributed by atoms with Crippen molar-refractivity contribution in [2.45, 2.75) is 12.3 Å². The highest BCUT2D eigenvalue weighted by atomic mass is 16.6. The van der Waals surface area contributed by atoms with Crippen molar-refractivity contribution >= 4 is 6.09 Å². The number of alkyl carbamates (subject to hydrolysis) is 1. The summed E-state index contributed by atoms with van der Waals surface area (Å²) in [5.41, 5.74) is 4.80. The normalized spacial score (nSPS) is 12.2. The Morgan fingerprint density at radius 3 is 1.02 bits per heavy atom. The number of ether oxygens (including phenoxy) is 14. The second-order valence-electron chi connectivity index (χ2n) is 13.7. The lowest BCUT2D eigenvalue weighted by Crippen LogP contribution is -2.27. The summed E-state index contributed by atoms with van der Waals surface area (Å²) in [6.45, 7) is 15.0. The molecule has 0 heterocycles. The van der Waals surface area contributed by atoms with Crippen LogP contribution < -0.4 is 10.6 Å². The fourth-order valence-corrected chi connectivity index (χ4v) is 5.93. The molecule has 62 heavy (non-hydrogen) atoms. The summed E-state index contributed by atoms with van der Waals surface area (Å²) < 4.78 is 77.0. The zero-order chi connectivity index (χ0) is 43.6. The van der Waals surface area contributed by atoms with Gasteiger partial charge in [-0.05, 0) is 35.7 Å². The molecule has 1 aliphatic rings. The van der Waals surface area contributed by atoms with Gasteiger partial charge in [-0.1, -0.05) is 48.5 Å². The van der Waals surface area contributed by atoms with E-state index in [-0.39, 0.29) is 5.92 Å². The maximum Gasteiger partial charge on any atom is 0.407 e. The lowest BCUT2D eigenvalue weighted by atomic mass is 9.98. The van der Waals surface area contributed by atoms with Crippen LogP contribution in [0.15, 0.2) is 48.5 Å². The van der Waals surface area contributed by atoms with Crippen LogP contribution in [-0.2, 0) is 66.3 Å². The number of likely N-dealkylation sites (N-methyl/N-ethyl adjacent to an activating group) is 1. The van der Waals surface area contributed by atoms with Crippen LogP contribution in [0.4, 0.5) is 4.79 Å². The van der Waals surface area contributed by atoms with E-state index in [4.69, 9.17) is 66.3 Å². The quantitative estimate of drug-likeness (QED) is 0.0929. The number of rotatable bonds is 45. The van der Waals surface area contributed by atoms with Crippen molar-refractivity contribution in [1.29, 1.82) is 0 Å². The summed E-state index contributed by atoms with van der Waals surface area (Å²) in [7, 11) is 1.89. The van der Waals surface area contributed by atoms with Gasteiger partial charge >= 0.3 is 6.09 Å². The van der Waals surface area contributed by atoms with Crippen molar-refractivity contribution in [3.8, 4) is 11.1 Å². The van der Waals surface area contributed by atoms with E-state index in [0.717, 1.165) is 6.54 Å². The minimum absolute atomic E-state index is 0.0469. The predicted octanol–water partition coefficient (Wildman–Crippen LogP) is 3.35. The highest BCUT2D eigenvalue weighted by Crippen LogP contribution is 2.44. The van der Waals surface area contributed by atoms with Crippen LogP contribution in [0.1, 0.15) is 23.5 Å². The molecule has 0 bridgehead atoms. The lowest BCUT2D eigenvalue weighted by molar-refractivity contribution is -0.0290. The van der Waals surface area contributed by atoms with E-state index >= 15 is 0 Å². The second-order valence-corrected chi connectivity index (χ2v) is 13.7. The minimum atomic E-state index is -0.417. The van der Waals surface area contributed by atoms with Gasteiger partial charge in [0.15, 0.2) is 0 Å². The van der Waals surface area contributed by atoms with E-state index in [0.29, 0.717) is 191 Å². The number of amides is 1. The summed E-state index contributed by atoms with van der Waals surface area (Å²) in [4.78, 5) is 12.3. The SMILES string of the molecule is CNCCOCCOCCOCCOCCOCCOCCOCCOCCOCCOCCOCCOCCOCCCNC(=O)OCC1c2ccccc2-c2ccccc21. The molecular weight excluding hydrogens is 808 g/mol. The standard InChI is InChI=1S/C45H74N2O15/c1-46-12-14-50-16-18-52-20-22-54-24-26-56-28-30-58-32-34-60-36-38-61-37-35-59-33-31-57-29-27-55-25-23-53-21-19-51-17-15-49-13-6-11-47-45(48)62-39-44-42-9-4-2-7-40(42)41-8-3-5-10-43(41)44/h2-5,7-10,44,46H,6,11-39H2,1H3,(H,47,48). The van der Waals surface area contributed by atoms with Crippen molar-refractivity contribution in [2.75, 3.05) is 199 Å². The van der Waals surface area contributed by atoms with E-state index < -0.39 is 6.09 Å². The van der Waals surface area contributed by atoms with Crippen LogP contribution >= 0.6 is 0 Å². The maximum absolute atomic E-state index is 12.3. The Kier molecular flexibility index (Phi) is 34.3. The molecule has 0 saturated carbocycles. The second kappa shape index (κ2) is 39.7. The first-order valence-electron chi connectivity index (χ1n) is 22.0. The molecule has 3 rings (SSSR count). The molecule has 17 nitrogen and oxygen atoms in total. The van der Waals surface area contributed by atoms with Gasteiger partial charge in [-0.2, -0.15) is 0 Å². The van der Waals surface area contributed by atoms with Gasteiger partial charge < -0.3 is 76.9 Å². The molecule has 2 N–H and O–H groups in total. The summed E-state index contributed by atoms with van der Waals surface area (Å²) >= 11 is 0. The average Bonchev–Trinajstić information content (AvgIpc) is 3.61. The van der Waals surface area contributed by atoms with E-state index in [1.165, 1.54) is 22.3 Å². The van der Waals surface area contributed by atoms with Crippen LogP contribution in [0.2, 0.25) is 0 Å². The number of nitrogens with one attached hydrogen (secondary N) is 2. The molecule has 1 aliphatic carbocycles. The Hall–Kier alpha value is -2.85. The van der Waals surface area contributed by atoms with Gasteiger partial charge in [0.05, 0.1) is 165 Å². The monoisotopic (exact) mass is 883 g/mol. The Morgan fingerprint density at radius 1 is 0.403 bits per heavy atom. The molecule has 2 aromatic carbocycles. The van der Waals surface area contributed by atoms with Gasteiger partial charge in [0.1, 0.15) is 6.61 Å². The Morgan fingerprint density at radius 2 is 0.694 bits per heavy atom. The summed E-state index contributed by atoms with van der Waals surface area (Å²) in [6.07, 6.45) is 0.265. The van der Waals surface area contributed by atoms with Gasteiger partial charge in [-0.25, -0.2) is 4.79 Å². The molecule has 0 atom stereocenters. The third-order valence-electron chi connectivity index (χ3n) is 9.04. The first-order valence-corrected chi connectivity index (χ1v) is 22.0. The van der Waals surface area contributed by atoms with Crippen molar-refractivity contribution < 1.29 is 71.1 Å². The number of hydrogen-bond acceptors (Lipinski definition) is 16. The van der Waals surface area contributed by atoms with E-state index in [1.54, 1.807) is 0 Å². The molecule has 0 fully saturated rings. The Labute approximate surface area is 368 Å². The first-order chi connectivity index (χ1) is 30.8. The average molecular weight is 883 g/mol. The van der Waals surface area contributed by atoms with Crippen LogP contribution in [0.25, 0.3) is 11.1 Å². The van der Waals surface area contributed by atoms with Crippen LogP contribution in [-0.4, -0.2) is 205 Å². The zero-order valence-electron chi connectivity index (χ0n) is 37.0. The predicted molar refractivity (Wildman–Crippen MR) is 232 cm³/mol. The number of benzene rings is 2. The number of carbonyl (C=O) groups is 1. The van der Waals surface area contributed by atoms with Crippen molar-refractivity contribution in [2.24, 2.45) is 0 Å². The van der Waals surface area contributed by atoms with E-state index in [9.17, 15) is 4.79 Å². The molecule has 0 aromatic heterocycles. The molecule has 0 aliphatic heterocycles. The third kappa shape index (κ3) is 27.4. The van der Waals surface area contributed by atoms with Crippen LogP contribution in [0.5, 0.6) is 0 Å². The van der Waals surface area contributed by atoms with Crippen LogP contribution in [0.3, 0.4) is 0 Å². The number of hydrogen-bond donors (Lipinski definition) is 2. The fraction of sp³-hybridized carbons (Fsp3) is 0.711. The number of fused-ring (bicyclic) bond motifs is 3. The smallest absolute Gasteiger partial charge is 0.407 e. The summed E-state index contributed by atoms with van der Waals surface area (Å²) in [5, 5.41) is 5.83. The molecule has 354 valence electrons. The lowest BCUT2D eigenvalue weighted by Gasteiger charge is -2.14. The van der Waals surface area contributed by atoms with E-state index in [1.807, 2.05) is 31.3 Å². The van der Waals surface area contributed by atoms with Crippen molar-refractivity contribution in [3.63, 3.8) is 0 Å². The van der Waals surface area contributed by atoms with Crippen LogP contribution in [0, 0.1) is 0 Å². The van der Waals surface area contributed by atoms with E-state index in [2.05, 4.69) is 34.9 Å². The minimum Gasteiger partial charge on any atom is -0.449 e. The van der Waals surface area contributed by atoms with Gasteiger partial charge in [0.25, 0.3) is 0 Å². The highest BCUT2D eigenvalue weighted by Gasteiger charge is 2.29. The molecule has 0 saturated heterocycles. The number of carbonyl (C=O) groups excluding carboxylic acids is 1. The molecule has 1 amide bonds. The largest absolute Gasteiger partial charge is 0.449 e. The van der Waals surface area contributed by atoms with Gasteiger partial charge in [0, 0.05) is 25.6 Å².